The number of benzene rings is 1. The standard InChI is InChI=1S/C21H25N3OS/c1-17-13-19(23-8-10-25-11-9-23)15-24-20(14-22-21(17)24)16-26-12-7-18-5-3-2-4-6-18/h2-6,13-15H,7-12,16H2,1H3. The van der Waals surface area contributed by atoms with Gasteiger partial charge in [0.1, 0.15) is 5.65 Å². The largest absolute Gasteiger partial charge is 0.378 e. The zero-order valence-corrected chi connectivity index (χ0v) is 16.0. The molecule has 1 aromatic carbocycles. The molecule has 0 aliphatic carbocycles. The molecule has 3 heterocycles. The van der Waals surface area contributed by atoms with E-state index in [-0.39, 0.29) is 0 Å². The van der Waals surface area contributed by atoms with Crippen LogP contribution >= 0.6 is 11.8 Å². The average Bonchev–Trinajstić information content (AvgIpc) is 3.10. The van der Waals surface area contributed by atoms with E-state index in [1.807, 2.05) is 18.0 Å². The van der Waals surface area contributed by atoms with Gasteiger partial charge in [-0.1, -0.05) is 30.3 Å². The van der Waals surface area contributed by atoms with Crippen LogP contribution in [0.15, 0.2) is 48.8 Å². The number of aryl methyl sites for hydroxylation is 2. The number of aromatic nitrogens is 2. The lowest BCUT2D eigenvalue weighted by molar-refractivity contribution is 0.122. The van der Waals surface area contributed by atoms with Crippen molar-refractivity contribution in [2.24, 2.45) is 0 Å². The number of ether oxygens (including phenoxy) is 1. The maximum absolute atomic E-state index is 5.49. The third-order valence-corrected chi connectivity index (χ3v) is 5.85. The third-order valence-electron chi connectivity index (χ3n) is 4.86. The van der Waals surface area contributed by atoms with Crippen molar-refractivity contribution in [1.29, 1.82) is 0 Å². The second-order valence-electron chi connectivity index (χ2n) is 6.71. The normalized spacial score (nSPS) is 14.9. The van der Waals surface area contributed by atoms with E-state index < -0.39 is 0 Å². The van der Waals surface area contributed by atoms with E-state index in [0.717, 1.165) is 49.9 Å². The minimum Gasteiger partial charge on any atom is -0.378 e. The number of hydrogen-bond donors (Lipinski definition) is 0. The molecule has 1 saturated heterocycles. The van der Waals surface area contributed by atoms with Crippen LogP contribution in [-0.4, -0.2) is 41.4 Å². The smallest absolute Gasteiger partial charge is 0.139 e. The summed E-state index contributed by atoms with van der Waals surface area (Å²) in [6.45, 7) is 5.69. The summed E-state index contributed by atoms with van der Waals surface area (Å²) in [5, 5.41) is 0. The van der Waals surface area contributed by atoms with Gasteiger partial charge in [0.2, 0.25) is 0 Å². The number of morpholine rings is 1. The van der Waals surface area contributed by atoms with Crippen molar-refractivity contribution in [2.75, 3.05) is 37.0 Å². The van der Waals surface area contributed by atoms with E-state index in [0.29, 0.717) is 0 Å². The summed E-state index contributed by atoms with van der Waals surface area (Å²) in [5.74, 6) is 2.11. The highest BCUT2D eigenvalue weighted by atomic mass is 32.2. The quantitative estimate of drug-likeness (QED) is 0.617. The van der Waals surface area contributed by atoms with Crippen molar-refractivity contribution in [3.63, 3.8) is 0 Å². The van der Waals surface area contributed by atoms with Crippen molar-refractivity contribution in [3.05, 3.63) is 65.6 Å². The van der Waals surface area contributed by atoms with Gasteiger partial charge in [0.05, 0.1) is 30.8 Å². The van der Waals surface area contributed by atoms with E-state index >= 15 is 0 Å². The zero-order chi connectivity index (χ0) is 17.8. The molecule has 26 heavy (non-hydrogen) atoms. The highest BCUT2D eigenvalue weighted by Crippen LogP contribution is 2.23. The first-order valence-corrected chi connectivity index (χ1v) is 10.4. The van der Waals surface area contributed by atoms with E-state index in [1.165, 1.54) is 22.5 Å². The molecule has 136 valence electrons. The molecule has 0 amide bonds. The zero-order valence-electron chi connectivity index (χ0n) is 15.2. The Kier molecular flexibility index (Phi) is 5.46. The molecule has 2 aromatic heterocycles. The lowest BCUT2D eigenvalue weighted by atomic mass is 10.2. The van der Waals surface area contributed by atoms with Crippen LogP contribution in [-0.2, 0) is 16.9 Å². The summed E-state index contributed by atoms with van der Waals surface area (Å²) in [7, 11) is 0. The van der Waals surface area contributed by atoms with Crippen LogP contribution in [0.2, 0.25) is 0 Å². The monoisotopic (exact) mass is 367 g/mol. The van der Waals surface area contributed by atoms with Crippen LogP contribution in [0.25, 0.3) is 5.65 Å². The number of thioether (sulfide) groups is 1. The number of pyridine rings is 1. The molecule has 4 nitrogen and oxygen atoms in total. The van der Waals surface area contributed by atoms with E-state index in [2.05, 4.69) is 63.8 Å². The molecule has 1 aliphatic rings. The molecule has 0 unspecified atom stereocenters. The van der Waals surface area contributed by atoms with Crippen molar-refractivity contribution in [2.45, 2.75) is 19.1 Å². The first-order valence-electron chi connectivity index (χ1n) is 9.22. The van der Waals surface area contributed by atoms with Crippen molar-refractivity contribution >= 4 is 23.1 Å². The van der Waals surface area contributed by atoms with Crippen LogP contribution in [0.1, 0.15) is 16.8 Å². The number of hydrogen-bond acceptors (Lipinski definition) is 4. The van der Waals surface area contributed by atoms with E-state index in [9.17, 15) is 0 Å². The molecule has 0 radical (unpaired) electrons. The number of rotatable bonds is 6. The van der Waals surface area contributed by atoms with Crippen LogP contribution in [0.3, 0.4) is 0 Å². The summed E-state index contributed by atoms with van der Waals surface area (Å²) in [6, 6.07) is 12.9. The number of imidazole rings is 1. The Morgan fingerprint density at radius 1 is 1.15 bits per heavy atom. The van der Waals surface area contributed by atoms with Crippen molar-refractivity contribution in [1.82, 2.24) is 9.38 Å². The van der Waals surface area contributed by atoms with Gasteiger partial charge in [-0.15, -0.1) is 0 Å². The lowest BCUT2D eigenvalue weighted by Crippen LogP contribution is -2.36. The van der Waals surface area contributed by atoms with Gasteiger partial charge in [-0.3, -0.25) is 0 Å². The maximum atomic E-state index is 5.49. The molecule has 0 bridgehead atoms. The highest BCUT2D eigenvalue weighted by Gasteiger charge is 2.14. The SMILES string of the molecule is Cc1cc(N2CCOCC2)cn2c(CSCCc3ccccc3)cnc12. The van der Waals surface area contributed by atoms with Gasteiger partial charge in [0, 0.05) is 25.0 Å². The van der Waals surface area contributed by atoms with Crippen LogP contribution in [0, 0.1) is 6.92 Å². The summed E-state index contributed by atoms with van der Waals surface area (Å²) >= 11 is 1.97. The fourth-order valence-corrected chi connectivity index (χ4v) is 4.35. The second kappa shape index (κ2) is 8.14. The Balaban J connectivity index is 1.45. The van der Waals surface area contributed by atoms with Gasteiger partial charge < -0.3 is 14.0 Å². The number of anilines is 1. The predicted molar refractivity (Wildman–Crippen MR) is 109 cm³/mol. The number of fused-ring (bicyclic) bond motifs is 1. The summed E-state index contributed by atoms with van der Waals surface area (Å²) < 4.78 is 7.76. The Morgan fingerprint density at radius 3 is 2.77 bits per heavy atom. The average molecular weight is 368 g/mol. The number of nitrogens with zero attached hydrogens (tertiary/aromatic N) is 3. The Labute approximate surface area is 159 Å². The Bertz CT molecular complexity index is 856. The molecular weight excluding hydrogens is 342 g/mol. The first-order chi connectivity index (χ1) is 12.8. The van der Waals surface area contributed by atoms with Gasteiger partial charge in [-0.2, -0.15) is 11.8 Å². The van der Waals surface area contributed by atoms with Crippen LogP contribution in [0.4, 0.5) is 5.69 Å². The van der Waals surface area contributed by atoms with Gasteiger partial charge in [0.15, 0.2) is 0 Å². The molecule has 0 N–H and O–H groups in total. The molecule has 3 aromatic rings. The van der Waals surface area contributed by atoms with Gasteiger partial charge in [-0.05, 0) is 36.3 Å². The van der Waals surface area contributed by atoms with E-state index in [1.54, 1.807) is 0 Å². The minimum atomic E-state index is 0.809. The van der Waals surface area contributed by atoms with Crippen LogP contribution in [0.5, 0.6) is 0 Å². The molecule has 5 heteroatoms. The van der Waals surface area contributed by atoms with Crippen molar-refractivity contribution in [3.8, 4) is 0 Å². The Hall–Kier alpha value is -1.98. The summed E-state index contributed by atoms with van der Waals surface area (Å²) in [6.07, 6.45) is 5.38. The molecule has 0 saturated carbocycles. The highest BCUT2D eigenvalue weighted by molar-refractivity contribution is 7.98. The molecule has 0 atom stereocenters. The minimum absolute atomic E-state index is 0.809. The summed E-state index contributed by atoms with van der Waals surface area (Å²) in [4.78, 5) is 7.05. The first kappa shape index (κ1) is 17.4. The lowest BCUT2D eigenvalue weighted by Gasteiger charge is -2.29. The van der Waals surface area contributed by atoms with Gasteiger partial charge >= 0.3 is 0 Å². The topological polar surface area (TPSA) is 29.8 Å². The molecule has 1 aliphatic heterocycles. The van der Waals surface area contributed by atoms with E-state index in [4.69, 9.17) is 4.74 Å². The second-order valence-corrected chi connectivity index (χ2v) is 7.82. The molecule has 4 rings (SSSR count). The molecular formula is C21H25N3OS. The third kappa shape index (κ3) is 3.89. The predicted octanol–water partition coefficient (Wildman–Crippen LogP) is 3.96. The molecule has 1 fully saturated rings. The summed E-state index contributed by atoms with van der Waals surface area (Å²) in [5.41, 5.74) is 6.25. The van der Waals surface area contributed by atoms with Crippen LogP contribution < -0.4 is 4.90 Å². The molecule has 0 spiro atoms. The van der Waals surface area contributed by atoms with Crippen molar-refractivity contribution < 1.29 is 4.74 Å². The fourth-order valence-electron chi connectivity index (χ4n) is 3.40. The van der Waals surface area contributed by atoms with Gasteiger partial charge in [0.25, 0.3) is 0 Å². The maximum Gasteiger partial charge on any atom is 0.139 e. The fraction of sp³-hybridized carbons (Fsp3) is 0.381. The van der Waals surface area contributed by atoms with Gasteiger partial charge in [-0.25, -0.2) is 4.98 Å². The Morgan fingerprint density at radius 2 is 1.96 bits per heavy atom.